The van der Waals surface area contributed by atoms with Crippen molar-refractivity contribution in [2.75, 3.05) is 0 Å². The molecular weight excluding hydrogens is 208 g/mol. The first-order chi connectivity index (χ1) is 7.45. The van der Waals surface area contributed by atoms with E-state index in [1.807, 2.05) is 12.2 Å². The smallest absolute Gasteiger partial charge is 0.328 e. The molecule has 0 unspecified atom stereocenters. The van der Waals surface area contributed by atoms with Gasteiger partial charge in [0.05, 0.1) is 0 Å². The minimum absolute atomic E-state index is 0.558. The Morgan fingerprint density at radius 1 is 0.938 bits per heavy atom. The number of carbonyl (C=O) groups is 2. The van der Waals surface area contributed by atoms with E-state index in [1.165, 1.54) is 0 Å². The quantitative estimate of drug-likeness (QED) is 0.573. The van der Waals surface area contributed by atoms with Crippen LogP contribution in [0.1, 0.15) is 26.7 Å². The van der Waals surface area contributed by atoms with E-state index in [4.69, 9.17) is 10.2 Å². The molecule has 0 fully saturated rings. The van der Waals surface area contributed by atoms with Crippen LogP contribution in [0, 0.1) is 0 Å². The summed E-state index contributed by atoms with van der Waals surface area (Å²) in [6, 6.07) is 0. The second-order valence-corrected chi connectivity index (χ2v) is 2.40. The van der Waals surface area contributed by atoms with Gasteiger partial charge in [-0.05, 0) is 12.8 Å². The maximum absolute atomic E-state index is 9.55. The SMILES string of the molecule is C=CCC.C=CCC.O=C(O)/C=C\C(=O)O. The lowest BCUT2D eigenvalue weighted by atomic mass is 10.5. The van der Waals surface area contributed by atoms with Crippen LogP contribution >= 0.6 is 0 Å². The molecule has 4 nitrogen and oxygen atoms in total. The lowest BCUT2D eigenvalue weighted by Gasteiger charge is -1.74. The van der Waals surface area contributed by atoms with E-state index in [-0.39, 0.29) is 0 Å². The van der Waals surface area contributed by atoms with Gasteiger partial charge in [0.25, 0.3) is 0 Å². The van der Waals surface area contributed by atoms with E-state index in [2.05, 4.69) is 27.0 Å². The topological polar surface area (TPSA) is 74.6 Å². The first kappa shape index (κ1) is 19.7. The van der Waals surface area contributed by atoms with Crippen molar-refractivity contribution >= 4 is 11.9 Å². The van der Waals surface area contributed by atoms with Gasteiger partial charge in [-0.3, -0.25) is 0 Å². The number of rotatable bonds is 4. The Kier molecular flexibility index (Phi) is 23.2. The van der Waals surface area contributed by atoms with Crippen molar-refractivity contribution in [2.24, 2.45) is 0 Å². The number of allylic oxidation sites excluding steroid dienone is 2. The Hall–Kier alpha value is -1.84. The Morgan fingerprint density at radius 3 is 1.19 bits per heavy atom. The van der Waals surface area contributed by atoms with Gasteiger partial charge >= 0.3 is 11.9 Å². The van der Waals surface area contributed by atoms with Gasteiger partial charge in [-0.2, -0.15) is 0 Å². The van der Waals surface area contributed by atoms with E-state index in [0.717, 1.165) is 12.8 Å². The van der Waals surface area contributed by atoms with Crippen molar-refractivity contribution in [3.8, 4) is 0 Å². The van der Waals surface area contributed by atoms with Crippen LogP contribution in [0.2, 0.25) is 0 Å². The molecule has 0 aromatic carbocycles. The van der Waals surface area contributed by atoms with Crippen LogP contribution in [0.15, 0.2) is 37.5 Å². The molecule has 4 heteroatoms. The lowest BCUT2D eigenvalue weighted by Crippen LogP contribution is -1.91. The second kappa shape index (κ2) is 18.9. The van der Waals surface area contributed by atoms with Crippen molar-refractivity contribution in [3.05, 3.63) is 37.5 Å². The third-order valence-electron chi connectivity index (χ3n) is 0.946. The molecule has 0 saturated carbocycles. The third kappa shape index (κ3) is 56.9. The Labute approximate surface area is 96.6 Å². The van der Waals surface area contributed by atoms with E-state index in [9.17, 15) is 9.59 Å². The summed E-state index contributed by atoms with van der Waals surface area (Å²) < 4.78 is 0. The summed E-state index contributed by atoms with van der Waals surface area (Å²) in [7, 11) is 0. The number of aliphatic carboxylic acids is 2. The van der Waals surface area contributed by atoms with Gasteiger partial charge in [0.1, 0.15) is 0 Å². The number of carboxylic acid groups (broad SMARTS) is 2. The summed E-state index contributed by atoms with van der Waals surface area (Å²) in [6.07, 6.45) is 7.03. The van der Waals surface area contributed by atoms with Gasteiger partial charge in [0.15, 0.2) is 0 Å². The predicted octanol–water partition coefficient (Wildman–Crippen LogP) is 2.88. The van der Waals surface area contributed by atoms with Gasteiger partial charge in [0.2, 0.25) is 0 Å². The zero-order valence-electron chi connectivity index (χ0n) is 9.85. The third-order valence-corrected chi connectivity index (χ3v) is 0.946. The molecule has 2 N–H and O–H groups in total. The average molecular weight is 228 g/mol. The fraction of sp³-hybridized carbons (Fsp3) is 0.333. The highest BCUT2D eigenvalue weighted by atomic mass is 16.4. The maximum Gasteiger partial charge on any atom is 0.328 e. The van der Waals surface area contributed by atoms with Crippen molar-refractivity contribution in [2.45, 2.75) is 26.7 Å². The summed E-state index contributed by atoms with van der Waals surface area (Å²) in [5.41, 5.74) is 0. The van der Waals surface area contributed by atoms with Gasteiger partial charge < -0.3 is 10.2 Å². The summed E-state index contributed by atoms with van der Waals surface area (Å²) in [5.74, 6) is -2.51. The van der Waals surface area contributed by atoms with Crippen LogP contribution in [0.4, 0.5) is 0 Å². The molecule has 0 heterocycles. The summed E-state index contributed by atoms with van der Waals surface area (Å²) in [6.45, 7) is 11.1. The number of carboxylic acids is 2. The molecule has 0 amide bonds. The normalized spacial score (nSPS) is 7.88. The molecule has 0 aromatic heterocycles. The zero-order valence-corrected chi connectivity index (χ0v) is 9.85. The largest absolute Gasteiger partial charge is 0.478 e. The molecule has 0 spiro atoms. The van der Waals surface area contributed by atoms with E-state index in [1.54, 1.807) is 0 Å². The maximum atomic E-state index is 9.55. The van der Waals surface area contributed by atoms with Crippen LogP contribution in [-0.2, 0) is 9.59 Å². The van der Waals surface area contributed by atoms with Gasteiger partial charge in [-0.15, -0.1) is 13.2 Å². The highest BCUT2D eigenvalue weighted by Crippen LogP contribution is 1.70. The number of hydrogen-bond donors (Lipinski definition) is 2. The zero-order chi connectivity index (χ0) is 13.4. The van der Waals surface area contributed by atoms with Gasteiger partial charge in [-0.25, -0.2) is 9.59 Å². The van der Waals surface area contributed by atoms with E-state index >= 15 is 0 Å². The van der Waals surface area contributed by atoms with Crippen molar-refractivity contribution in [1.29, 1.82) is 0 Å². The van der Waals surface area contributed by atoms with Gasteiger partial charge in [0, 0.05) is 12.2 Å². The fourth-order valence-corrected chi connectivity index (χ4v) is 0.143. The van der Waals surface area contributed by atoms with E-state index < -0.39 is 11.9 Å². The van der Waals surface area contributed by atoms with Crippen molar-refractivity contribution in [1.82, 2.24) is 0 Å². The van der Waals surface area contributed by atoms with Crippen LogP contribution in [0.3, 0.4) is 0 Å². The molecule has 0 aliphatic heterocycles. The summed E-state index contributed by atoms with van der Waals surface area (Å²) in [5, 5.41) is 15.6. The molecule has 0 saturated heterocycles. The molecule has 0 aromatic rings. The molecule has 0 aliphatic rings. The fourth-order valence-electron chi connectivity index (χ4n) is 0.143. The minimum Gasteiger partial charge on any atom is -0.478 e. The lowest BCUT2D eigenvalue weighted by molar-refractivity contribution is -0.134. The highest BCUT2D eigenvalue weighted by molar-refractivity contribution is 5.89. The second-order valence-electron chi connectivity index (χ2n) is 2.40. The average Bonchev–Trinajstić information content (AvgIpc) is 2.27. The number of hydrogen-bond acceptors (Lipinski definition) is 2. The minimum atomic E-state index is -1.26. The van der Waals surface area contributed by atoms with Crippen molar-refractivity contribution in [3.63, 3.8) is 0 Å². The molecule has 0 atom stereocenters. The molecule has 0 aliphatic carbocycles. The molecule has 16 heavy (non-hydrogen) atoms. The first-order valence-corrected chi connectivity index (χ1v) is 4.81. The molecule has 0 rings (SSSR count). The monoisotopic (exact) mass is 228 g/mol. The predicted molar refractivity (Wildman–Crippen MR) is 65.4 cm³/mol. The molecule has 0 bridgehead atoms. The van der Waals surface area contributed by atoms with Crippen LogP contribution in [0.5, 0.6) is 0 Å². The summed E-state index contributed by atoms with van der Waals surface area (Å²) in [4.78, 5) is 19.1. The Balaban J connectivity index is -0.000000179. The summed E-state index contributed by atoms with van der Waals surface area (Å²) >= 11 is 0. The highest BCUT2D eigenvalue weighted by Gasteiger charge is 1.88. The van der Waals surface area contributed by atoms with Crippen LogP contribution < -0.4 is 0 Å². The Bertz CT molecular complexity index is 205. The Morgan fingerprint density at radius 2 is 1.12 bits per heavy atom. The van der Waals surface area contributed by atoms with Crippen LogP contribution in [0.25, 0.3) is 0 Å². The van der Waals surface area contributed by atoms with Gasteiger partial charge in [-0.1, -0.05) is 26.0 Å². The molecular formula is C12H20O4. The first-order valence-electron chi connectivity index (χ1n) is 4.81. The molecule has 0 radical (unpaired) electrons. The van der Waals surface area contributed by atoms with Crippen molar-refractivity contribution < 1.29 is 19.8 Å². The van der Waals surface area contributed by atoms with E-state index in [0.29, 0.717) is 12.2 Å². The molecule has 92 valence electrons. The van der Waals surface area contributed by atoms with Crippen LogP contribution in [-0.4, -0.2) is 22.2 Å². The standard InChI is InChI=1S/C4H4O4.2C4H8/c5-3(6)1-2-4(7)8;2*1-3-4-2/h1-2H,(H,5,6)(H,7,8);2*3H,1,4H2,2H3/b2-1-;;.